The summed E-state index contributed by atoms with van der Waals surface area (Å²) in [5.41, 5.74) is 0.656. The van der Waals surface area contributed by atoms with Crippen molar-refractivity contribution in [3.63, 3.8) is 0 Å². The Bertz CT molecular complexity index is 546. The van der Waals surface area contributed by atoms with E-state index in [1.54, 1.807) is 6.07 Å². The summed E-state index contributed by atoms with van der Waals surface area (Å²) in [5, 5.41) is 0. The normalized spacial score (nSPS) is 24.4. The molecule has 0 unspecified atom stereocenters. The number of rotatable bonds is 2. The molecule has 0 bridgehead atoms. The summed E-state index contributed by atoms with van der Waals surface area (Å²) in [7, 11) is 0. The van der Waals surface area contributed by atoms with Gasteiger partial charge in [0.1, 0.15) is 0 Å². The summed E-state index contributed by atoms with van der Waals surface area (Å²) in [6.45, 7) is 1.78. The van der Waals surface area contributed by atoms with Crippen molar-refractivity contribution < 1.29 is 9.59 Å². The minimum atomic E-state index is -0.276. The van der Waals surface area contributed by atoms with Crippen LogP contribution in [0.15, 0.2) is 28.7 Å². The molecule has 0 saturated carbocycles. The van der Waals surface area contributed by atoms with Crippen molar-refractivity contribution in [3.8, 4) is 0 Å². The van der Waals surface area contributed by atoms with Crippen molar-refractivity contribution >= 4 is 45.2 Å². The highest BCUT2D eigenvalue weighted by Crippen LogP contribution is 2.28. The van der Waals surface area contributed by atoms with Gasteiger partial charge in [0.25, 0.3) is 5.91 Å². The SMILES string of the molecule is O=C1C[C@@H](N2CCSCC2)C(=O)N1c1cccc(Br)c1. The van der Waals surface area contributed by atoms with Crippen LogP contribution in [-0.2, 0) is 9.59 Å². The van der Waals surface area contributed by atoms with Crippen molar-refractivity contribution in [2.24, 2.45) is 0 Å². The van der Waals surface area contributed by atoms with Crippen LogP contribution < -0.4 is 4.90 Å². The molecule has 2 heterocycles. The van der Waals surface area contributed by atoms with Gasteiger partial charge in [0.05, 0.1) is 18.2 Å². The van der Waals surface area contributed by atoms with E-state index in [4.69, 9.17) is 0 Å². The molecule has 1 atom stereocenters. The molecule has 0 aromatic heterocycles. The number of carbonyl (C=O) groups is 2. The lowest BCUT2D eigenvalue weighted by atomic mass is 10.2. The molecule has 0 spiro atoms. The Labute approximate surface area is 130 Å². The van der Waals surface area contributed by atoms with Crippen LogP contribution in [0.25, 0.3) is 0 Å². The van der Waals surface area contributed by atoms with Gasteiger partial charge in [-0.05, 0) is 18.2 Å². The molecular weight excluding hydrogens is 340 g/mol. The third kappa shape index (κ3) is 2.64. The molecule has 20 heavy (non-hydrogen) atoms. The van der Waals surface area contributed by atoms with E-state index in [9.17, 15) is 9.59 Å². The molecule has 1 aromatic rings. The average molecular weight is 355 g/mol. The van der Waals surface area contributed by atoms with Gasteiger partial charge in [0.15, 0.2) is 0 Å². The minimum Gasteiger partial charge on any atom is -0.290 e. The molecule has 2 fully saturated rings. The third-order valence-electron chi connectivity index (χ3n) is 3.68. The van der Waals surface area contributed by atoms with Crippen molar-refractivity contribution in [3.05, 3.63) is 28.7 Å². The van der Waals surface area contributed by atoms with Crippen LogP contribution >= 0.6 is 27.7 Å². The summed E-state index contributed by atoms with van der Waals surface area (Å²) in [4.78, 5) is 28.3. The molecule has 1 aromatic carbocycles. The Morgan fingerprint density at radius 3 is 2.65 bits per heavy atom. The van der Waals surface area contributed by atoms with Gasteiger partial charge in [-0.25, -0.2) is 4.90 Å². The van der Waals surface area contributed by atoms with Crippen molar-refractivity contribution in [1.82, 2.24) is 4.90 Å². The van der Waals surface area contributed by atoms with Gasteiger partial charge in [0.2, 0.25) is 5.91 Å². The topological polar surface area (TPSA) is 40.6 Å². The number of carbonyl (C=O) groups excluding carboxylic acids is 2. The Morgan fingerprint density at radius 2 is 1.95 bits per heavy atom. The maximum Gasteiger partial charge on any atom is 0.251 e. The van der Waals surface area contributed by atoms with E-state index in [1.165, 1.54) is 4.90 Å². The van der Waals surface area contributed by atoms with Gasteiger partial charge in [-0.3, -0.25) is 14.5 Å². The first-order valence-corrected chi connectivity index (χ1v) is 8.56. The quantitative estimate of drug-likeness (QED) is 0.763. The number of thioether (sulfide) groups is 1. The molecule has 2 aliphatic heterocycles. The Morgan fingerprint density at radius 1 is 1.20 bits per heavy atom. The van der Waals surface area contributed by atoms with E-state index in [0.717, 1.165) is 29.1 Å². The number of hydrogen-bond acceptors (Lipinski definition) is 4. The molecule has 0 radical (unpaired) electrons. The largest absolute Gasteiger partial charge is 0.290 e. The number of nitrogens with zero attached hydrogens (tertiary/aromatic N) is 2. The fraction of sp³-hybridized carbons (Fsp3) is 0.429. The zero-order valence-electron chi connectivity index (χ0n) is 10.9. The highest BCUT2D eigenvalue weighted by molar-refractivity contribution is 9.10. The molecule has 0 aliphatic carbocycles. The van der Waals surface area contributed by atoms with E-state index in [0.29, 0.717) is 12.1 Å². The maximum absolute atomic E-state index is 12.6. The van der Waals surface area contributed by atoms with Crippen LogP contribution in [0.3, 0.4) is 0 Å². The van der Waals surface area contributed by atoms with Crippen molar-refractivity contribution in [1.29, 1.82) is 0 Å². The van der Waals surface area contributed by atoms with Gasteiger partial charge in [0, 0.05) is 29.1 Å². The van der Waals surface area contributed by atoms with E-state index in [1.807, 2.05) is 30.0 Å². The predicted molar refractivity (Wildman–Crippen MR) is 83.9 cm³/mol. The summed E-state index contributed by atoms with van der Waals surface area (Å²) in [5.74, 6) is 1.89. The number of amides is 2. The van der Waals surface area contributed by atoms with Crippen LogP contribution in [0.2, 0.25) is 0 Å². The van der Waals surface area contributed by atoms with Gasteiger partial charge >= 0.3 is 0 Å². The highest BCUT2D eigenvalue weighted by Gasteiger charge is 2.42. The third-order valence-corrected chi connectivity index (χ3v) is 5.11. The lowest BCUT2D eigenvalue weighted by Crippen LogP contribution is -2.45. The van der Waals surface area contributed by atoms with Crippen molar-refractivity contribution in [2.75, 3.05) is 29.5 Å². The first kappa shape index (κ1) is 14.1. The molecule has 2 amide bonds. The Hall–Kier alpha value is -0.850. The maximum atomic E-state index is 12.6. The van der Waals surface area contributed by atoms with Gasteiger partial charge < -0.3 is 0 Å². The van der Waals surface area contributed by atoms with E-state index >= 15 is 0 Å². The van der Waals surface area contributed by atoms with Crippen LogP contribution in [0, 0.1) is 0 Å². The average Bonchev–Trinajstić information content (AvgIpc) is 2.75. The Balaban J connectivity index is 1.83. The standard InChI is InChI=1S/C14H15BrN2O2S/c15-10-2-1-3-11(8-10)17-13(18)9-12(14(17)19)16-4-6-20-7-5-16/h1-3,8,12H,4-7,9H2/t12-/m1/s1. The zero-order valence-corrected chi connectivity index (χ0v) is 13.3. The van der Waals surface area contributed by atoms with Gasteiger partial charge in [-0.2, -0.15) is 11.8 Å². The molecule has 2 aliphatic rings. The van der Waals surface area contributed by atoms with Crippen LogP contribution in [-0.4, -0.2) is 47.4 Å². The number of imide groups is 1. The molecule has 0 N–H and O–H groups in total. The van der Waals surface area contributed by atoms with Crippen LogP contribution in [0.4, 0.5) is 5.69 Å². The molecule has 6 heteroatoms. The zero-order chi connectivity index (χ0) is 14.1. The first-order chi connectivity index (χ1) is 9.66. The molecule has 3 rings (SSSR count). The summed E-state index contributed by atoms with van der Waals surface area (Å²) >= 11 is 5.28. The fourth-order valence-electron chi connectivity index (χ4n) is 2.68. The molecule has 106 valence electrons. The number of hydrogen-bond donors (Lipinski definition) is 0. The molecule has 2 saturated heterocycles. The fourth-order valence-corrected chi connectivity index (χ4v) is 4.00. The summed E-state index contributed by atoms with van der Waals surface area (Å²) in [6, 6.07) is 7.06. The highest BCUT2D eigenvalue weighted by atomic mass is 79.9. The van der Waals surface area contributed by atoms with Crippen LogP contribution in [0.5, 0.6) is 0 Å². The van der Waals surface area contributed by atoms with E-state index in [-0.39, 0.29) is 17.9 Å². The van der Waals surface area contributed by atoms with Crippen LogP contribution in [0.1, 0.15) is 6.42 Å². The number of benzene rings is 1. The lowest BCUT2D eigenvalue weighted by Gasteiger charge is -2.30. The monoisotopic (exact) mass is 354 g/mol. The number of anilines is 1. The first-order valence-electron chi connectivity index (χ1n) is 6.61. The second-order valence-corrected chi connectivity index (χ2v) is 7.06. The smallest absolute Gasteiger partial charge is 0.251 e. The summed E-state index contributed by atoms with van der Waals surface area (Å²) in [6.07, 6.45) is 0.302. The molecular formula is C14H15BrN2O2S. The second-order valence-electron chi connectivity index (χ2n) is 4.92. The van der Waals surface area contributed by atoms with Gasteiger partial charge in [-0.1, -0.05) is 22.0 Å². The number of halogens is 1. The summed E-state index contributed by atoms with van der Waals surface area (Å²) < 4.78 is 0.869. The van der Waals surface area contributed by atoms with E-state index < -0.39 is 0 Å². The minimum absolute atomic E-state index is 0.0833. The van der Waals surface area contributed by atoms with E-state index in [2.05, 4.69) is 20.8 Å². The Kier molecular flexibility index (Phi) is 4.14. The predicted octanol–water partition coefficient (Wildman–Crippen LogP) is 2.13. The molecule has 4 nitrogen and oxygen atoms in total. The van der Waals surface area contributed by atoms with Crippen molar-refractivity contribution in [2.45, 2.75) is 12.5 Å². The second kappa shape index (κ2) is 5.87. The van der Waals surface area contributed by atoms with Gasteiger partial charge in [-0.15, -0.1) is 0 Å². The lowest BCUT2D eigenvalue weighted by molar-refractivity contribution is -0.122.